The molecule has 0 unspecified atom stereocenters. The minimum Gasteiger partial charge on any atom is -0.347 e. The maximum absolute atomic E-state index is 13.0. The van der Waals surface area contributed by atoms with Gasteiger partial charge in [-0.3, -0.25) is 9.59 Å². The minimum absolute atomic E-state index is 0.0484. The number of nitrogens with zero attached hydrogens (tertiary/aromatic N) is 1. The molecule has 0 aromatic heterocycles. The van der Waals surface area contributed by atoms with Crippen LogP contribution in [0.4, 0.5) is 0 Å². The Labute approximate surface area is 155 Å². The van der Waals surface area contributed by atoms with E-state index < -0.39 is 0 Å². The summed E-state index contributed by atoms with van der Waals surface area (Å²) in [6, 6.07) is 7.85. The lowest BCUT2D eigenvalue weighted by molar-refractivity contribution is -0.128. The van der Waals surface area contributed by atoms with E-state index in [-0.39, 0.29) is 17.4 Å². The summed E-state index contributed by atoms with van der Waals surface area (Å²) in [5, 5.41) is 3.45. The summed E-state index contributed by atoms with van der Waals surface area (Å²) in [5.41, 5.74) is 1.84. The molecule has 0 spiro atoms. The molecule has 4 bridgehead atoms. The summed E-state index contributed by atoms with van der Waals surface area (Å²) in [5.74, 6) is 2.78. The van der Waals surface area contributed by atoms with Crippen molar-refractivity contribution in [1.29, 1.82) is 0 Å². The van der Waals surface area contributed by atoms with E-state index in [0.717, 1.165) is 41.8 Å². The van der Waals surface area contributed by atoms with Gasteiger partial charge in [-0.15, -0.1) is 0 Å². The SMILES string of the molecule is O=C(NC12CC3CC(CC(C3)C1)C2)c1cccc(CN2CCCC2=O)c1. The fraction of sp³-hybridized carbons (Fsp3) is 0.636. The number of nitrogens with one attached hydrogen (secondary N) is 1. The Morgan fingerprint density at radius 1 is 1.12 bits per heavy atom. The molecule has 4 aliphatic carbocycles. The summed E-state index contributed by atoms with van der Waals surface area (Å²) in [4.78, 5) is 26.8. The molecule has 0 radical (unpaired) electrons. The normalized spacial score (nSPS) is 35.2. The van der Waals surface area contributed by atoms with Crippen molar-refractivity contribution >= 4 is 11.8 Å². The average molecular weight is 352 g/mol. The molecular formula is C22H28N2O2. The number of carbonyl (C=O) groups excluding carboxylic acids is 2. The van der Waals surface area contributed by atoms with Gasteiger partial charge in [-0.2, -0.15) is 0 Å². The Balaban J connectivity index is 1.30. The Morgan fingerprint density at radius 2 is 1.81 bits per heavy atom. The smallest absolute Gasteiger partial charge is 0.251 e. The maximum atomic E-state index is 13.0. The number of likely N-dealkylation sites (tertiary alicyclic amines) is 1. The Hall–Kier alpha value is -1.84. The van der Waals surface area contributed by atoms with E-state index in [1.54, 1.807) is 0 Å². The van der Waals surface area contributed by atoms with Crippen molar-refractivity contribution in [2.75, 3.05) is 6.54 Å². The minimum atomic E-state index is 0.0484. The fourth-order valence-corrected chi connectivity index (χ4v) is 6.48. The lowest BCUT2D eigenvalue weighted by Crippen LogP contribution is -2.59. The molecule has 5 fully saturated rings. The van der Waals surface area contributed by atoms with Gasteiger partial charge in [0.25, 0.3) is 5.91 Å². The van der Waals surface area contributed by atoms with Crippen molar-refractivity contribution in [2.24, 2.45) is 17.8 Å². The third-order valence-corrected chi connectivity index (χ3v) is 7.15. The second-order valence-corrected chi connectivity index (χ2v) is 9.27. The monoisotopic (exact) mass is 352 g/mol. The molecule has 1 aromatic carbocycles. The van der Waals surface area contributed by atoms with Gasteiger partial charge in [0.15, 0.2) is 0 Å². The lowest BCUT2D eigenvalue weighted by atomic mass is 9.53. The average Bonchev–Trinajstić information content (AvgIpc) is 2.98. The van der Waals surface area contributed by atoms with Crippen LogP contribution in [0.25, 0.3) is 0 Å². The highest BCUT2D eigenvalue weighted by atomic mass is 16.2. The molecule has 26 heavy (non-hydrogen) atoms. The van der Waals surface area contributed by atoms with E-state index in [1.165, 1.54) is 38.5 Å². The van der Waals surface area contributed by atoms with Crippen molar-refractivity contribution in [3.05, 3.63) is 35.4 Å². The first kappa shape index (κ1) is 16.3. The highest BCUT2D eigenvalue weighted by molar-refractivity contribution is 5.95. The Bertz CT molecular complexity index is 706. The zero-order valence-corrected chi connectivity index (χ0v) is 15.4. The largest absolute Gasteiger partial charge is 0.347 e. The van der Waals surface area contributed by atoms with Crippen LogP contribution in [0.3, 0.4) is 0 Å². The summed E-state index contributed by atoms with van der Waals surface area (Å²) in [6.45, 7) is 1.46. The first-order valence-corrected chi connectivity index (χ1v) is 10.3. The van der Waals surface area contributed by atoms with Crippen molar-refractivity contribution in [3.8, 4) is 0 Å². The molecule has 0 atom stereocenters. The standard InChI is InChI=1S/C22H28N2O2/c25-20-5-2-6-24(20)14-15-3-1-4-19(10-15)21(26)23-22-11-16-7-17(12-22)9-18(8-16)13-22/h1,3-4,10,16-18H,2,5-9,11-14H2,(H,23,26). The van der Waals surface area contributed by atoms with Crippen LogP contribution in [0.2, 0.25) is 0 Å². The van der Waals surface area contributed by atoms with Crippen LogP contribution in [0.1, 0.15) is 67.3 Å². The maximum Gasteiger partial charge on any atom is 0.251 e. The summed E-state index contributed by atoms with van der Waals surface area (Å²) < 4.78 is 0. The van der Waals surface area contributed by atoms with E-state index in [9.17, 15) is 9.59 Å². The zero-order chi connectivity index (χ0) is 17.7. The number of rotatable bonds is 4. The molecule has 1 N–H and O–H groups in total. The van der Waals surface area contributed by atoms with Gasteiger partial charge in [0, 0.05) is 30.6 Å². The van der Waals surface area contributed by atoms with Crippen molar-refractivity contribution in [3.63, 3.8) is 0 Å². The molecule has 2 amide bonds. The molecule has 1 aromatic rings. The zero-order valence-electron chi connectivity index (χ0n) is 15.4. The van der Waals surface area contributed by atoms with Crippen LogP contribution in [-0.4, -0.2) is 28.8 Å². The van der Waals surface area contributed by atoms with Gasteiger partial charge < -0.3 is 10.2 Å². The van der Waals surface area contributed by atoms with Crippen molar-refractivity contribution in [1.82, 2.24) is 10.2 Å². The highest BCUT2D eigenvalue weighted by Crippen LogP contribution is 2.55. The number of benzene rings is 1. The van der Waals surface area contributed by atoms with Gasteiger partial charge >= 0.3 is 0 Å². The third kappa shape index (κ3) is 2.93. The summed E-state index contributed by atoms with van der Waals surface area (Å²) in [6.07, 6.45) is 9.28. The second kappa shape index (κ2) is 6.11. The molecule has 4 heteroatoms. The first-order valence-electron chi connectivity index (χ1n) is 10.3. The van der Waals surface area contributed by atoms with Gasteiger partial charge in [0.05, 0.1) is 0 Å². The van der Waals surface area contributed by atoms with E-state index in [4.69, 9.17) is 0 Å². The quantitative estimate of drug-likeness (QED) is 0.901. The molecule has 1 saturated heterocycles. The highest BCUT2D eigenvalue weighted by Gasteiger charge is 2.51. The van der Waals surface area contributed by atoms with E-state index >= 15 is 0 Å². The van der Waals surface area contributed by atoms with Gasteiger partial charge in [0.2, 0.25) is 5.91 Å². The number of hydrogen-bond donors (Lipinski definition) is 1. The van der Waals surface area contributed by atoms with E-state index in [2.05, 4.69) is 5.32 Å². The molecule has 4 saturated carbocycles. The Morgan fingerprint density at radius 3 is 2.42 bits per heavy atom. The summed E-state index contributed by atoms with van der Waals surface area (Å²) in [7, 11) is 0. The molecule has 1 heterocycles. The molecule has 1 aliphatic heterocycles. The van der Waals surface area contributed by atoms with E-state index in [0.29, 0.717) is 13.0 Å². The van der Waals surface area contributed by atoms with Gasteiger partial charge in [-0.1, -0.05) is 12.1 Å². The van der Waals surface area contributed by atoms with Gasteiger partial charge in [-0.25, -0.2) is 0 Å². The molecule has 4 nitrogen and oxygen atoms in total. The Kier molecular flexibility index (Phi) is 3.84. The second-order valence-electron chi connectivity index (χ2n) is 9.27. The topological polar surface area (TPSA) is 49.4 Å². The number of hydrogen-bond acceptors (Lipinski definition) is 2. The fourth-order valence-electron chi connectivity index (χ4n) is 6.48. The summed E-state index contributed by atoms with van der Waals surface area (Å²) >= 11 is 0. The van der Waals surface area contributed by atoms with Crippen LogP contribution in [0.5, 0.6) is 0 Å². The number of carbonyl (C=O) groups is 2. The van der Waals surface area contributed by atoms with Crippen LogP contribution in [0.15, 0.2) is 24.3 Å². The molecule has 6 rings (SSSR count). The first-order chi connectivity index (χ1) is 12.6. The molecule has 138 valence electrons. The van der Waals surface area contributed by atoms with Crippen molar-refractivity contribution in [2.45, 2.75) is 63.5 Å². The van der Waals surface area contributed by atoms with Crippen LogP contribution in [-0.2, 0) is 11.3 Å². The van der Waals surface area contributed by atoms with Crippen LogP contribution in [0, 0.1) is 17.8 Å². The van der Waals surface area contributed by atoms with Crippen LogP contribution >= 0.6 is 0 Å². The van der Waals surface area contributed by atoms with Crippen LogP contribution < -0.4 is 5.32 Å². The van der Waals surface area contributed by atoms with Gasteiger partial charge in [-0.05, 0) is 80.4 Å². The molecular weight excluding hydrogens is 324 g/mol. The molecule has 5 aliphatic rings. The predicted octanol–water partition coefficient (Wildman–Crippen LogP) is 3.51. The van der Waals surface area contributed by atoms with Crippen molar-refractivity contribution < 1.29 is 9.59 Å². The third-order valence-electron chi connectivity index (χ3n) is 7.15. The predicted molar refractivity (Wildman–Crippen MR) is 99.5 cm³/mol. The number of amides is 2. The van der Waals surface area contributed by atoms with Gasteiger partial charge in [0.1, 0.15) is 0 Å². The lowest BCUT2D eigenvalue weighted by Gasteiger charge is -2.56. The van der Waals surface area contributed by atoms with E-state index in [1.807, 2.05) is 29.2 Å².